The first-order chi connectivity index (χ1) is 9.82. The minimum absolute atomic E-state index is 0.110. The van der Waals surface area contributed by atoms with Crippen LogP contribution in [0.1, 0.15) is 23.4 Å². The molecule has 0 atom stereocenters. The van der Waals surface area contributed by atoms with Gasteiger partial charge in [0.25, 0.3) is 0 Å². The van der Waals surface area contributed by atoms with Crippen molar-refractivity contribution < 1.29 is 4.74 Å². The number of likely N-dealkylation sites (tertiary alicyclic amines) is 1. The van der Waals surface area contributed by atoms with Gasteiger partial charge in [-0.25, -0.2) is 4.98 Å². The van der Waals surface area contributed by atoms with Crippen molar-refractivity contribution in [3.8, 4) is 0 Å². The fraction of sp³-hybridized carbons (Fsp3) is 0.438. The van der Waals surface area contributed by atoms with Gasteiger partial charge in [-0.2, -0.15) is 0 Å². The van der Waals surface area contributed by atoms with Gasteiger partial charge in [0.05, 0.1) is 12.1 Å². The lowest BCUT2D eigenvalue weighted by Crippen LogP contribution is -2.43. The van der Waals surface area contributed by atoms with Gasteiger partial charge in [0.2, 0.25) is 0 Å². The van der Waals surface area contributed by atoms with Gasteiger partial charge in [0.1, 0.15) is 5.01 Å². The fourth-order valence-corrected chi connectivity index (χ4v) is 3.60. The number of benzene rings is 1. The Balaban J connectivity index is 1.67. The molecule has 2 heterocycles. The van der Waals surface area contributed by atoms with E-state index in [1.165, 1.54) is 10.6 Å². The maximum atomic E-state index is 5.91. The summed E-state index contributed by atoms with van der Waals surface area (Å²) in [6.45, 7) is 3.08. The smallest absolute Gasteiger partial charge is 0.107 e. The molecule has 0 unspecified atom stereocenters. The van der Waals surface area contributed by atoms with Gasteiger partial charge in [0.15, 0.2) is 0 Å². The normalized spacial score (nSPS) is 19.1. The molecule has 0 saturated carbocycles. The first kappa shape index (κ1) is 13.7. The molecule has 0 spiro atoms. The van der Waals surface area contributed by atoms with Crippen LogP contribution in [0.15, 0.2) is 41.9 Å². The van der Waals surface area contributed by atoms with Crippen molar-refractivity contribution in [2.45, 2.75) is 25.0 Å². The second-order valence-corrected chi connectivity index (χ2v) is 6.25. The summed E-state index contributed by atoms with van der Waals surface area (Å²) in [6, 6.07) is 10.6. The first-order valence-electron chi connectivity index (χ1n) is 7.04. The summed E-state index contributed by atoms with van der Waals surface area (Å²) in [6.07, 6.45) is 3.96. The lowest BCUT2D eigenvalue weighted by atomic mass is 9.84. The van der Waals surface area contributed by atoms with E-state index in [1.807, 2.05) is 18.7 Å². The number of thiazole rings is 1. The highest BCUT2D eigenvalue weighted by molar-refractivity contribution is 7.09. The molecule has 0 bridgehead atoms. The van der Waals surface area contributed by atoms with Crippen LogP contribution in [0.4, 0.5) is 0 Å². The molecule has 1 aromatic heterocycles. The van der Waals surface area contributed by atoms with Crippen LogP contribution in [0.5, 0.6) is 0 Å². The van der Waals surface area contributed by atoms with Gasteiger partial charge in [-0.15, -0.1) is 11.3 Å². The maximum Gasteiger partial charge on any atom is 0.107 e. The number of ether oxygens (including phenoxy) is 1. The van der Waals surface area contributed by atoms with Crippen molar-refractivity contribution in [3.05, 3.63) is 52.5 Å². The Bertz CT molecular complexity index is 519. The van der Waals surface area contributed by atoms with E-state index in [4.69, 9.17) is 4.74 Å². The standard InChI is InChI=1S/C16H20N2OS/c1-19-16(14-5-3-2-4-6-14)7-10-18(11-8-16)13-15-17-9-12-20-15/h2-6,9,12H,7-8,10-11,13H2,1H3. The molecule has 3 rings (SSSR count). The summed E-state index contributed by atoms with van der Waals surface area (Å²) in [5, 5.41) is 3.25. The first-order valence-corrected chi connectivity index (χ1v) is 7.92. The molecule has 106 valence electrons. The molecular formula is C16H20N2OS. The van der Waals surface area contributed by atoms with Crippen LogP contribution in [0.25, 0.3) is 0 Å². The molecule has 1 saturated heterocycles. The van der Waals surface area contributed by atoms with E-state index in [-0.39, 0.29) is 5.60 Å². The minimum atomic E-state index is -0.110. The summed E-state index contributed by atoms with van der Waals surface area (Å²) in [7, 11) is 1.84. The Morgan fingerprint density at radius 2 is 2.00 bits per heavy atom. The zero-order valence-electron chi connectivity index (χ0n) is 11.8. The number of rotatable bonds is 4. The molecule has 1 aromatic carbocycles. The van der Waals surface area contributed by atoms with E-state index in [2.05, 4.69) is 40.2 Å². The molecule has 4 heteroatoms. The van der Waals surface area contributed by atoms with Crippen LogP contribution >= 0.6 is 11.3 Å². The molecule has 0 aliphatic carbocycles. The summed E-state index contributed by atoms with van der Waals surface area (Å²) in [5.74, 6) is 0. The number of nitrogens with zero attached hydrogens (tertiary/aromatic N) is 2. The molecule has 0 radical (unpaired) electrons. The van der Waals surface area contributed by atoms with Crippen LogP contribution in [0.2, 0.25) is 0 Å². The third-order valence-corrected chi connectivity index (χ3v) is 4.96. The van der Waals surface area contributed by atoms with Gasteiger partial charge < -0.3 is 4.74 Å². The quantitative estimate of drug-likeness (QED) is 0.863. The summed E-state index contributed by atoms with van der Waals surface area (Å²) in [5.41, 5.74) is 1.19. The van der Waals surface area contributed by atoms with Crippen LogP contribution in [0.3, 0.4) is 0 Å². The average Bonchev–Trinajstić information content (AvgIpc) is 3.02. The predicted octanol–water partition coefficient (Wildman–Crippen LogP) is 3.28. The highest BCUT2D eigenvalue weighted by Crippen LogP contribution is 2.36. The van der Waals surface area contributed by atoms with Crippen LogP contribution in [-0.2, 0) is 16.9 Å². The molecule has 20 heavy (non-hydrogen) atoms. The Labute approximate surface area is 124 Å². The Hall–Kier alpha value is -1.23. The summed E-state index contributed by atoms with van der Waals surface area (Å²) in [4.78, 5) is 6.84. The van der Waals surface area contributed by atoms with E-state index in [0.717, 1.165) is 32.5 Å². The third-order valence-electron chi connectivity index (χ3n) is 4.20. The minimum Gasteiger partial charge on any atom is -0.373 e. The lowest BCUT2D eigenvalue weighted by Gasteiger charge is -2.41. The molecule has 1 aliphatic heterocycles. The topological polar surface area (TPSA) is 25.4 Å². The highest BCUT2D eigenvalue weighted by atomic mass is 32.1. The zero-order chi connectivity index (χ0) is 13.8. The summed E-state index contributed by atoms with van der Waals surface area (Å²) < 4.78 is 5.91. The van der Waals surface area contributed by atoms with Crippen molar-refractivity contribution in [2.75, 3.05) is 20.2 Å². The molecule has 3 nitrogen and oxygen atoms in total. The van der Waals surface area contributed by atoms with E-state index in [1.54, 1.807) is 11.3 Å². The molecule has 0 N–H and O–H groups in total. The molecule has 0 amide bonds. The molecular weight excluding hydrogens is 268 g/mol. The second-order valence-electron chi connectivity index (χ2n) is 5.27. The van der Waals surface area contributed by atoms with Crippen molar-refractivity contribution in [1.29, 1.82) is 0 Å². The van der Waals surface area contributed by atoms with E-state index < -0.39 is 0 Å². The average molecular weight is 288 g/mol. The predicted molar refractivity (Wildman–Crippen MR) is 81.8 cm³/mol. The highest BCUT2D eigenvalue weighted by Gasteiger charge is 2.36. The van der Waals surface area contributed by atoms with Crippen molar-refractivity contribution in [1.82, 2.24) is 9.88 Å². The number of hydrogen-bond acceptors (Lipinski definition) is 4. The fourth-order valence-electron chi connectivity index (χ4n) is 2.95. The lowest BCUT2D eigenvalue weighted by molar-refractivity contribution is -0.0637. The summed E-state index contributed by atoms with van der Waals surface area (Å²) >= 11 is 1.73. The van der Waals surface area contributed by atoms with Crippen LogP contribution < -0.4 is 0 Å². The number of piperidine rings is 1. The number of aromatic nitrogens is 1. The largest absolute Gasteiger partial charge is 0.373 e. The van der Waals surface area contributed by atoms with Gasteiger partial charge >= 0.3 is 0 Å². The molecule has 1 fully saturated rings. The van der Waals surface area contributed by atoms with E-state index >= 15 is 0 Å². The third kappa shape index (κ3) is 2.77. The van der Waals surface area contributed by atoms with E-state index in [9.17, 15) is 0 Å². The Morgan fingerprint density at radius 3 is 2.60 bits per heavy atom. The van der Waals surface area contributed by atoms with Crippen molar-refractivity contribution >= 4 is 11.3 Å². The SMILES string of the molecule is COC1(c2ccccc2)CCN(Cc2nccs2)CC1. The zero-order valence-corrected chi connectivity index (χ0v) is 12.6. The van der Waals surface area contributed by atoms with E-state index in [0.29, 0.717) is 0 Å². The van der Waals surface area contributed by atoms with Crippen molar-refractivity contribution in [2.24, 2.45) is 0 Å². The molecule has 2 aromatic rings. The maximum absolute atomic E-state index is 5.91. The number of hydrogen-bond donors (Lipinski definition) is 0. The Morgan fingerprint density at radius 1 is 1.25 bits per heavy atom. The van der Waals surface area contributed by atoms with Crippen LogP contribution in [0, 0.1) is 0 Å². The van der Waals surface area contributed by atoms with Gasteiger partial charge in [-0.3, -0.25) is 4.90 Å². The molecule has 1 aliphatic rings. The monoisotopic (exact) mass is 288 g/mol. The van der Waals surface area contributed by atoms with Crippen molar-refractivity contribution in [3.63, 3.8) is 0 Å². The second kappa shape index (κ2) is 6.04. The van der Waals surface area contributed by atoms with Gasteiger partial charge in [-0.05, 0) is 18.4 Å². The van der Waals surface area contributed by atoms with Gasteiger partial charge in [0, 0.05) is 31.8 Å². The van der Waals surface area contributed by atoms with Gasteiger partial charge in [-0.1, -0.05) is 30.3 Å². The number of methoxy groups -OCH3 is 1. The Kier molecular flexibility index (Phi) is 4.15. The van der Waals surface area contributed by atoms with Crippen LogP contribution in [-0.4, -0.2) is 30.1 Å².